The molecule has 0 saturated heterocycles. The largest absolute Gasteiger partial charge is 0.497 e. The van der Waals surface area contributed by atoms with Gasteiger partial charge in [0.05, 0.1) is 32.5 Å². The molecule has 3 aromatic rings. The Morgan fingerprint density at radius 3 is 2.08 bits per heavy atom. The maximum Gasteiger partial charge on any atom is 0.341 e. The van der Waals surface area contributed by atoms with Crippen molar-refractivity contribution in [1.82, 2.24) is 9.78 Å². The Kier molecular flexibility index (Phi) is 5.53. The molecule has 134 valence electrons. The summed E-state index contributed by atoms with van der Waals surface area (Å²) in [5, 5.41) is 4.22. The van der Waals surface area contributed by atoms with Crippen molar-refractivity contribution in [3.8, 4) is 11.5 Å². The van der Waals surface area contributed by atoms with E-state index in [1.165, 1.54) is 6.20 Å². The average Bonchev–Trinajstić information content (AvgIpc) is 3.15. The highest BCUT2D eigenvalue weighted by molar-refractivity contribution is 5.88. The molecule has 0 aliphatic rings. The Labute approximate surface area is 151 Å². The predicted molar refractivity (Wildman–Crippen MR) is 96.4 cm³/mol. The second-order valence-corrected chi connectivity index (χ2v) is 5.70. The third-order valence-corrected chi connectivity index (χ3v) is 3.90. The van der Waals surface area contributed by atoms with Gasteiger partial charge in [-0.1, -0.05) is 24.3 Å². The van der Waals surface area contributed by atoms with Crippen molar-refractivity contribution in [3.05, 3.63) is 77.6 Å². The first-order valence-electron chi connectivity index (χ1n) is 8.13. The highest BCUT2D eigenvalue weighted by Gasteiger charge is 2.11. The predicted octanol–water partition coefficient (Wildman–Crippen LogP) is 3.31. The van der Waals surface area contributed by atoms with E-state index < -0.39 is 5.97 Å². The summed E-state index contributed by atoms with van der Waals surface area (Å²) >= 11 is 0. The first kappa shape index (κ1) is 17.5. The summed E-state index contributed by atoms with van der Waals surface area (Å²) in [4.78, 5) is 12.2. The number of hydrogen-bond acceptors (Lipinski definition) is 5. The van der Waals surface area contributed by atoms with E-state index in [1.807, 2.05) is 48.5 Å². The molecule has 2 aromatic carbocycles. The van der Waals surface area contributed by atoms with E-state index in [4.69, 9.17) is 14.2 Å². The van der Waals surface area contributed by atoms with Gasteiger partial charge in [0.15, 0.2) is 0 Å². The number of rotatable bonds is 7. The van der Waals surface area contributed by atoms with Crippen molar-refractivity contribution in [2.75, 3.05) is 14.2 Å². The van der Waals surface area contributed by atoms with E-state index in [0.717, 1.165) is 22.6 Å². The summed E-state index contributed by atoms with van der Waals surface area (Å²) < 4.78 is 17.3. The minimum atomic E-state index is -0.401. The number of hydrogen-bond donors (Lipinski definition) is 0. The van der Waals surface area contributed by atoms with E-state index in [-0.39, 0.29) is 6.61 Å². The van der Waals surface area contributed by atoms with Crippen molar-refractivity contribution < 1.29 is 19.0 Å². The number of methoxy groups -OCH3 is 2. The Hall–Kier alpha value is -3.28. The van der Waals surface area contributed by atoms with Gasteiger partial charge in [-0.05, 0) is 35.4 Å². The fourth-order valence-electron chi connectivity index (χ4n) is 2.43. The van der Waals surface area contributed by atoms with Gasteiger partial charge in [-0.25, -0.2) is 4.79 Å². The molecule has 6 nitrogen and oxygen atoms in total. The van der Waals surface area contributed by atoms with Crippen LogP contribution in [0.5, 0.6) is 11.5 Å². The quantitative estimate of drug-likeness (QED) is 0.611. The molecule has 0 amide bonds. The molecule has 0 N–H and O–H groups in total. The Morgan fingerprint density at radius 2 is 1.50 bits per heavy atom. The zero-order valence-corrected chi connectivity index (χ0v) is 14.7. The molecule has 3 rings (SSSR count). The smallest absolute Gasteiger partial charge is 0.341 e. The van der Waals surface area contributed by atoms with Crippen LogP contribution in [0.25, 0.3) is 0 Å². The zero-order chi connectivity index (χ0) is 18.4. The molecule has 0 unspecified atom stereocenters. The molecule has 0 bridgehead atoms. The molecule has 0 radical (unpaired) electrons. The zero-order valence-electron chi connectivity index (χ0n) is 14.7. The van der Waals surface area contributed by atoms with Crippen molar-refractivity contribution in [2.24, 2.45) is 0 Å². The number of nitrogens with zero attached hydrogens (tertiary/aromatic N) is 2. The van der Waals surface area contributed by atoms with Gasteiger partial charge < -0.3 is 14.2 Å². The van der Waals surface area contributed by atoms with Crippen LogP contribution in [0.1, 0.15) is 21.5 Å². The van der Waals surface area contributed by atoms with Crippen LogP contribution < -0.4 is 9.47 Å². The number of aromatic nitrogens is 2. The van der Waals surface area contributed by atoms with Gasteiger partial charge in [-0.2, -0.15) is 5.10 Å². The van der Waals surface area contributed by atoms with Gasteiger partial charge >= 0.3 is 5.97 Å². The molecular weight excluding hydrogens is 332 g/mol. The number of benzene rings is 2. The Morgan fingerprint density at radius 1 is 0.923 bits per heavy atom. The first-order chi connectivity index (χ1) is 12.7. The minimum Gasteiger partial charge on any atom is -0.497 e. The lowest BCUT2D eigenvalue weighted by Gasteiger charge is -2.05. The molecule has 0 spiro atoms. The van der Waals surface area contributed by atoms with Gasteiger partial charge in [0, 0.05) is 6.20 Å². The molecule has 1 aromatic heterocycles. The monoisotopic (exact) mass is 352 g/mol. The fraction of sp³-hybridized carbons (Fsp3) is 0.200. The Bertz CT molecular complexity index is 854. The lowest BCUT2D eigenvalue weighted by Crippen LogP contribution is -2.05. The Balaban J connectivity index is 1.56. The van der Waals surface area contributed by atoms with Gasteiger partial charge in [0.25, 0.3) is 0 Å². The molecule has 1 heterocycles. The lowest BCUT2D eigenvalue weighted by molar-refractivity contribution is 0.0472. The van der Waals surface area contributed by atoms with Crippen molar-refractivity contribution >= 4 is 5.97 Å². The van der Waals surface area contributed by atoms with Crippen molar-refractivity contribution in [3.63, 3.8) is 0 Å². The third kappa shape index (κ3) is 4.42. The van der Waals surface area contributed by atoms with Crippen molar-refractivity contribution in [1.29, 1.82) is 0 Å². The van der Waals surface area contributed by atoms with Crippen molar-refractivity contribution in [2.45, 2.75) is 13.2 Å². The number of carbonyl (C=O) groups excluding carboxylic acids is 1. The number of ether oxygens (including phenoxy) is 3. The summed E-state index contributed by atoms with van der Waals surface area (Å²) in [6.07, 6.45) is 3.19. The van der Waals surface area contributed by atoms with Crippen LogP contribution >= 0.6 is 0 Å². The van der Waals surface area contributed by atoms with Crippen LogP contribution in [-0.2, 0) is 17.9 Å². The van der Waals surface area contributed by atoms with Crippen LogP contribution in [0, 0.1) is 0 Å². The summed E-state index contributed by atoms with van der Waals surface area (Å²) in [6.45, 7) is 0.766. The van der Waals surface area contributed by atoms with Gasteiger partial charge in [0.2, 0.25) is 0 Å². The first-order valence-corrected chi connectivity index (χ1v) is 8.13. The summed E-state index contributed by atoms with van der Waals surface area (Å²) in [7, 11) is 3.24. The second-order valence-electron chi connectivity index (χ2n) is 5.70. The summed E-state index contributed by atoms with van der Waals surface area (Å²) in [6, 6.07) is 15.1. The molecular formula is C20H20N2O4. The molecule has 0 atom stereocenters. The standard InChI is InChI=1S/C20H20N2O4/c1-24-18-7-3-15(4-8-18)12-22-13-17(11-21-22)20(23)26-14-16-5-9-19(25-2)10-6-16/h3-11,13H,12,14H2,1-2H3. The van der Waals surface area contributed by atoms with Crippen LogP contribution in [0.2, 0.25) is 0 Å². The topological polar surface area (TPSA) is 62.6 Å². The number of carbonyl (C=O) groups is 1. The lowest BCUT2D eigenvalue weighted by atomic mass is 10.2. The van der Waals surface area contributed by atoms with Crippen LogP contribution in [0.4, 0.5) is 0 Å². The van der Waals surface area contributed by atoms with Gasteiger partial charge in [0.1, 0.15) is 18.1 Å². The highest BCUT2D eigenvalue weighted by atomic mass is 16.5. The fourth-order valence-corrected chi connectivity index (χ4v) is 2.43. The maximum absolute atomic E-state index is 12.2. The third-order valence-electron chi connectivity index (χ3n) is 3.90. The van der Waals surface area contributed by atoms with Crippen LogP contribution in [0.3, 0.4) is 0 Å². The summed E-state index contributed by atoms with van der Waals surface area (Å²) in [5.41, 5.74) is 2.38. The SMILES string of the molecule is COc1ccc(COC(=O)c2cnn(Cc3ccc(OC)cc3)c2)cc1. The van der Waals surface area contributed by atoms with E-state index in [9.17, 15) is 4.79 Å². The van der Waals surface area contributed by atoms with E-state index in [0.29, 0.717) is 12.1 Å². The number of esters is 1. The van der Waals surface area contributed by atoms with Crippen LogP contribution in [-0.4, -0.2) is 30.0 Å². The van der Waals surface area contributed by atoms with E-state index in [1.54, 1.807) is 25.1 Å². The van der Waals surface area contributed by atoms with E-state index in [2.05, 4.69) is 5.10 Å². The molecule has 26 heavy (non-hydrogen) atoms. The molecule has 0 saturated carbocycles. The molecule has 0 aliphatic heterocycles. The van der Waals surface area contributed by atoms with Gasteiger partial charge in [-0.15, -0.1) is 0 Å². The second kappa shape index (κ2) is 8.20. The maximum atomic E-state index is 12.2. The normalized spacial score (nSPS) is 10.4. The summed E-state index contributed by atoms with van der Waals surface area (Å²) in [5.74, 6) is 1.17. The van der Waals surface area contributed by atoms with E-state index >= 15 is 0 Å². The molecule has 0 aliphatic carbocycles. The molecule has 0 fully saturated rings. The average molecular weight is 352 g/mol. The van der Waals surface area contributed by atoms with Gasteiger partial charge in [-0.3, -0.25) is 4.68 Å². The molecule has 6 heteroatoms. The minimum absolute atomic E-state index is 0.201. The highest BCUT2D eigenvalue weighted by Crippen LogP contribution is 2.14. The van der Waals surface area contributed by atoms with Crippen LogP contribution in [0.15, 0.2) is 60.9 Å².